The van der Waals surface area contributed by atoms with E-state index in [1.54, 1.807) is 13.3 Å². The Bertz CT molecular complexity index is 868. The maximum atomic E-state index is 13.0. The number of nitrogens with zero attached hydrogens (tertiary/aromatic N) is 3. The van der Waals surface area contributed by atoms with Gasteiger partial charge >= 0.3 is 0 Å². The molecule has 1 aromatic carbocycles. The highest BCUT2D eigenvalue weighted by Gasteiger charge is 2.43. The van der Waals surface area contributed by atoms with Gasteiger partial charge < -0.3 is 15.0 Å². The lowest BCUT2D eigenvalue weighted by molar-refractivity contribution is -0.135. The number of piperidine rings is 1. The Kier molecular flexibility index (Phi) is 5.47. The van der Waals surface area contributed by atoms with Gasteiger partial charge in [-0.25, -0.2) is 4.98 Å². The van der Waals surface area contributed by atoms with Gasteiger partial charge in [-0.1, -0.05) is 12.1 Å². The van der Waals surface area contributed by atoms with E-state index in [9.17, 15) is 9.59 Å². The van der Waals surface area contributed by atoms with Gasteiger partial charge in [0.15, 0.2) is 0 Å². The van der Waals surface area contributed by atoms with Crippen molar-refractivity contribution in [3.63, 3.8) is 0 Å². The summed E-state index contributed by atoms with van der Waals surface area (Å²) in [5, 5.41) is 3.08. The highest BCUT2D eigenvalue weighted by atomic mass is 16.5. The number of nitrogens with one attached hydrogen (secondary N) is 1. The van der Waals surface area contributed by atoms with Gasteiger partial charge in [-0.2, -0.15) is 0 Å². The standard InChI is InChI=1S/C22H26N4O3/c1-14-12-24-20(13-23-14)22(28)25-16-10-17-5-6-18(11-16)26(17)21(27)9-15-3-7-19(29-2)8-4-15/h3-4,7-8,12-13,16-18H,5-6,9-11H2,1-2H3,(H,25,28). The quantitative estimate of drug-likeness (QED) is 0.841. The van der Waals surface area contributed by atoms with Gasteiger partial charge in [0.1, 0.15) is 11.4 Å². The lowest BCUT2D eigenvalue weighted by Crippen LogP contribution is -2.52. The van der Waals surface area contributed by atoms with E-state index in [4.69, 9.17) is 4.74 Å². The number of carbonyl (C=O) groups excluding carboxylic acids is 2. The second-order valence-corrected chi connectivity index (χ2v) is 7.90. The fourth-order valence-electron chi connectivity index (χ4n) is 4.48. The van der Waals surface area contributed by atoms with E-state index < -0.39 is 0 Å². The zero-order valence-corrected chi connectivity index (χ0v) is 16.8. The predicted octanol–water partition coefficient (Wildman–Crippen LogP) is 2.29. The summed E-state index contributed by atoms with van der Waals surface area (Å²) in [4.78, 5) is 35.8. The third-order valence-electron chi connectivity index (χ3n) is 5.88. The Hall–Kier alpha value is -2.96. The van der Waals surface area contributed by atoms with Gasteiger partial charge in [0.25, 0.3) is 5.91 Å². The van der Waals surface area contributed by atoms with Crippen molar-refractivity contribution in [3.8, 4) is 5.75 Å². The van der Waals surface area contributed by atoms with E-state index in [-0.39, 0.29) is 29.9 Å². The van der Waals surface area contributed by atoms with Crippen molar-refractivity contribution in [3.05, 3.63) is 53.6 Å². The lowest BCUT2D eigenvalue weighted by Gasteiger charge is -2.39. The number of aryl methyl sites for hydroxylation is 1. The molecule has 2 aliphatic rings. The highest BCUT2D eigenvalue weighted by molar-refractivity contribution is 5.92. The Morgan fingerprint density at radius 3 is 2.38 bits per heavy atom. The third kappa shape index (κ3) is 4.23. The fraction of sp³-hybridized carbons (Fsp3) is 0.455. The van der Waals surface area contributed by atoms with Crippen LogP contribution in [-0.2, 0) is 11.2 Å². The van der Waals surface area contributed by atoms with Crippen LogP contribution in [0.1, 0.15) is 47.4 Å². The van der Waals surface area contributed by atoms with Gasteiger partial charge in [-0.05, 0) is 50.3 Å². The zero-order chi connectivity index (χ0) is 20.4. The number of methoxy groups -OCH3 is 1. The van der Waals surface area contributed by atoms with Gasteiger partial charge in [-0.3, -0.25) is 14.6 Å². The van der Waals surface area contributed by atoms with Crippen molar-refractivity contribution in [1.29, 1.82) is 0 Å². The number of aromatic nitrogens is 2. The molecule has 2 atom stereocenters. The summed E-state index contributed by atoms with van der Waals surface area (Å²) in [6.45, 7) is 1.84. The van der Waals surface area contributed by atoms with Crippen LogP contribution in [0.3, 0.4) is 0 Å². The molecule has 2 saturated heterocycles. The van der Waals surface area contributed by atoms with Crippen LogP contribution in [0.2, 0.25) is 0 Å². The Balaban J connectivity index is 1.36. The van der Waals surface area contributed by atoms with Crippen LogP contribution >= 0.6 is 0 Å². The van der Waals surface area contributed by atoms with E-state index >= 15 is 0 Å². The van der Waals surface area contributed by atoms with Crippen LogP contribution < -0.4 is 10.1 Å². The van der Waals surface area contributed by atoms with Crippen molar-refractivity contribution in [2.24, 2.45) is 0 Å². The maximum Gasteiger partial charge on any atom is 0.271 e. The van der Waals surface area contributed by atoms with Crippen molar-refractivity contribution < 1.29 is 14.3 Å². The Morgan fingerprint density at radius 2 is 1.79 bits per heavy atom. The molecular formula is C22H26N4O3. The van der Waals surface area contributed by atoms with Crippen molar-refractivity contribution in [2.75, 3.05) is 7.11 Å². The minimum absolute atomic E-state index is 0.0631. The summed E-state index contributed by atoms with van der Waals surface area (Å²) in [6.07, 6.45) is 7.07. The van der Waals surface area contributed by atoms with Crippen LogP contribution in [0.25, 0.3) is 0 Å². The summed E-state index contributed by atoms with van der Waals surface area (Å²) in [5.74, 6) is 0.757. The first-order chi connectivity index (χ1) is 14.0. The summed E-state index contributed by atoms with van der Waals surface area (Å²) in [6, 6.07) is 8.08. The molecule has 3 heterocycles. The largest absolute Gasteiger partial charge is 0.497 e. The fourth-order valence-corrected chi connectivity index (χ4v) is 4.48. The summed E-state index contributed by atoms with van der Waals surface area (Å²) < 4.78 is 5.18. The summed E-state index contributed by atoms with van der Waals surface area (Å²) >= 11 is 0. The molecule has 152 valence electrons. The second kappa shape index (κ2) is 8.19. The molecule has 1 aromatic heterocycles. The molecule has 29 heavy (non-hydrogen) atoms. The van der Waals surface area contributed by atoms with Gasteiger partial charge in [0.2, 0.25) is 5.91 Å². The molecule has 2 bridgehead atoms. The van der Waals surface area contributed by atoms with Crippen LogP contribution in [0, 0.1) is 6.92 Å². The molecule has 7 heteroatoms. The molecule has 0 spiro atoms. The second-order valence-electron chi connectivity index (χ2n) is 7.90. The van der Waals surface area contributed by atoms with E-state index in [0.29, 0.717) is 12.1 Å². The SMILES string of the molecule is COc1ccc(CC(=O)N2C3CCC2CC(NC(=O)c2cnc(C)cn2)C3)cc1. The number of carbonyl (C=O) groups is 2. The summed E-state index contributed by atoms with van der Waals surface area (Å²) in [5.41, 5.74) is 2.10. The molecule has 0 aliphatic carbocycles. The smallest absolute Gasteiger partial charge is 0.271 e. The minimum atomic E-state index is -0.195. The number of hydrogen-bond acceptors (Lipinski definition) is 5. The molecular weight excluding hydrogens is 368 g/mol. The van der Waals surface area contributed by atoms with E-state index in [1.165, 1.54) is 6.20 Å². The number of rotatable bonds is 5. The van der Waals surface area contributed by atoms with Crippen LogP contribution in [0.5, 0.6) is 5.75 Å². The third-order valence-corrected chi connectivity index (χ3v) is 5.88. The first kappa shape index (κ1) is 19.4. The average Bonchev–Trinajstić information content (AvgIpc) is 3.00. The van der Waals surface area contributed by atoms with Crippen molar-refractivity contribution >= 4 is 11.8 Å². The number of hydrogen-bond donors (Lipinski definition) is 1. The first-order valence-electron chi connectivity index (χ1n) is 10.1. The van der Waals surface area contributed by atoms with E-state index in [1.807, 2.05) is 31.2 Å². The Labute approximate surface area is 170 Å². The van der Waals surface area contributed by atoms with Crippen LogP contribution in [0.4, 0.5) is 0 Å². The van der Waals surface area contributed by atoms with Crippen molar-refractivity contribution in [1.82, 2.24) is 20.2 Å². The Morgan fingerprint density at radius 1 is 1.10 bits per heavy atom. The highest BCUT2D eigenvalue weighted by Crippen LogP contribution is 2.36. The maximum absolute atomic E-state index is 13.0. The number of ether oxygens (including phenoxy) is 1. The monoisotopic (exact) mass is 394 g/mol. The molecule has 2 aliphatic heterocycles. The van der Waals surface area contributed by atoms with Gasteiger partial charge in [0, 0.05) is 24.3 Å². The van der Waals surface area contributed by atoms with Crippen molar-refractivity contribution in [2.45, 2.75) is 57.2 Å². The molecule has 2 amide bonds. The predicted molar refractivity (Wildman–Crippen MR) is 108 cm³/mol. The van der Waals surface area contributed by atoms with Crippen LogP contribution in [-0.4, -0.2) is 51.9 Å². The van der Waals surface area contributed by atoms with Gasteiger partial charge in [-0.15, -0.1) is 0 Å². The van der Waals surface area contributed by atoms with Crippen LogP contribution in [0.15, 0.2) is 36.7 Å². The molecule has 2 unspecified atom stereocenters. The first-order valence-corrected chi connectivity index (χ1v) is 10.1. The summed E-state index contributed by atoms with van der Waals surface area (Å²) in [7, 11) is 1.63. The topological polar surface area (TPSA) is 84.4 Å². The molecule has 0 saturated carbocycles. The molecule has 2 fully saturated rings. The molecule has 2 aromatic rings. The molecule has 1 N–H and O–H groups in total. The van der Waals surface area contributed by atoms with E-state index in [0.717, 1.165) is 42.7 Å². The van der Waals surface area contributed by atoms with E-state index in [2.05, 4.69) is 20.2 Å². The molecule has 0 radical (unpaired) electrons. The lowest BCUT2D eigenvalue weighted by atomic mass is 9.96. The normalized spacial score (nSPS) is 23.0. The molecule has 4 rings (SSSR count). The number of benzene rings is 1. The van der Waals surface area contributed by atoms with Gasteiger partial charge in [0.05, 0.1) is 25.4 Å². The number of fused-ring (bicyclic) bond motifs is 2. The number of amides is 2. The molecule has 7 nitrogen and oxygen atoms in total. The minimum Gasteiger partial charge on any atom is -0.497 e. The zero-order valence-electron chi connectivity index (χ0n) is 16.8. The average molecular weight is 394 g/mol.